The molecule has 2 aliphatic heterocycles. The summed E-state index contributed by atoms with van der Waals surface area (Å²) in [5.41, 5.74) is 0.477. The Morgan fingerprint density at radius 1 is 1.03 bits per heavy atom. The first kappa shape index (κ1) is 19.4. The summed E-state index contributed by atoms with van der Waals surface area (Å²) in [7, 11) is 0. The molecule has 3 N–H and O–H groups in total. The molecule has 6 nitrogen and oxygen atoms in total. The molecule has 7 heteroatoms. The lowest BCUT2D eigenvalue weighted by Gasteiger charge is -2.29. The van der Waals surface area contributed by atoms with Crippen LogP contribution in [-0.2, 0) is 4.79 Å². The molecule has 0 aliphatic carbocycles. The average Bonchev–Trinajstić information content (AvgIpc) is 3.06. The van der Waals surface area contributed by atoms with Gasteiger partial charge in [0.25, 0.3) is 11.8 Å². The molecule has 2 aromatic rings. The molecule has 4 rings (SSSR count). The number of nitrogens with one attached hydrogen (secondary N) is 3. The monoisotopic (exact) mass is 397 g/mol. The minimum Gasteiger partial charge on any atom is -0.483 e. The summed E-state index contributed by atoms with van der Waals surface area (Å²) in [4.78, 5) is 24.9. The SMILES string of the molecule is O=C(COc1ccccc1C(=O)NC1CC2CCC(C1)N2)Nc1ccccc1F. The summed E-state index contributed by atoms with van der Waals surface area (Å²) in [5, 5.41) is 9.12. The van der Waals surface area contributed by atoms with E-state index < -0.39 is 11.7 Å². The van der Waals surface area contributed by atoms with Crippen molar-refractivity contribution in [2.24, 2.45) is 0 Å². The quantitative estimate of drug-likeness (QED) is 0.700. The van der Waals surface area contributed by atoms with Crippen LogP contribution in [0.25, 0.3) is 0 Å². The second-order valence-corrected chi connectivity index (χ2v) is 7.59. The largest absolute Gasteiger partial charge is 0.483 e. The maximum absolute atomic E-state index is 13.7. The van der Waals surface area contributed by atoms with E-state index in [0.29, 0.717) is 23.4 Å². The van der Waals surface area contributed by atoms with E-state index in [0.717, 1.165) is 25.7 Å². The van der Waals surface area contributed by atoms with Crippen LogP contribution >= 0.6 is 0 Å². The summed E-state index contributed by atoms with van der Waals surface area (Å²) in [6.45, 7) is -0.323. The van der Waals surface area contributed by atoms with Crippen LogP contribution in [0.2, 0.25) is 0 Å². The molecule has 152 valence electrons. The van der Waals surface area contributed by atoms with Crippen LogP contribution in [-0.4, -0.2) is 36.5 Å². The van der Waals surface area contributed by atoms with Gasteiger partial charge in [-0.1, -0.05) is 24.3 Å². The number of halogens is 1. The second kappa shape index (κ2) is 8.61. The third-order valence-corrected chi connectivity index (χ3v) is 5.45. The number of fused-ring (bicyclic) bond motifs is 2. The molecule has 2 aromatic carbocycles. The minimum atomic E-state index is -0.517. The summed E-state index contributed by atoms with van der Waals surface area (Å²) in [6, 6.07) is 13.8. The normalized spacial score (nSPS) is 22.7. The summed E-state index contributed by atoms with van der Waals surface area (Å²) >= 11 is 0. The van der Waals surface area contributed by atoms with Crippen LogP contribution in [0.5, 0.6) is 5.75 Å². The van der Waals surface area contributed by atoms with E-state index in [2.05, 4.69) is 16.0 Å². The van der Waals surface area contributed by atoms with Gasteiger partial charge in [0.15, 0.2) is 6.61 Å². The number of benzene rings is 2. The Bertz CT molecular complexity index is 892. The molecule has 2 fully saturated rings. The molecule has 0 aromatic heterocycles. The van der Waals surface area contributed by atoms with Gasteiger partial charge in [0, 0.05) is 18.1 Å². The Morgan fingerprint density at radius 2 is 1.72 bits per heavy atom. The first-order valence-corrected chi connectivity index (χ1v) is 9.91. The molecule has 2 heterocycles. The fourth-order valence-electron chi connectivity index (χ4n) is 4.11. The number of amides is 2. The van der Waals surface area contributed by atoms with E-state index in [1.165, 1.54) is 12.1 Å². The van der Waals surface area contributed by atoms with Crippen molar-refractivity contribution in [3.8, 4) is 5.75 Å². The predicted octanol–water partition coefficient (Wildman–Crippen LogP) is 2.86. The van der Waals surface area contributed by atoms with Gasteiger partial charge in [0.2, 0.25) is 0 Å². The van der Waals surface area contributed by atoms with Crippen molar-refractivity contribution in [3.63, 3.8) is 0 Å². The number of hydrogen-bond donors (Lipinski definition) is 3. The Kier molecular flexibility index (Phi) is 5.76. The molecule has 2 aliphatic rings. The fraction of sp³-hybridized carbons (Fsp3) is 0.364. The number of carbonyl (C=O) groups excluding carboxylic acids is 2. The van der Waals surface area contributed by atoms with Crippen molar-refractivity contribution in [3.05, 3.63) is 59.9 Å². The van der Waals surface area contributed by atoms with Crippen LogP contribution in [0, 0.1) is 5.82 Å². The Morgan fingerprint density at radius 3 is 2.48 bits per heavy atom. The molecular formula is C22H24FN3O3. The third-order valence-electron chi connectivity index (χ3n) is 5.45. The van der Waals surface area contributed by atoms with E-state index in [-0.39, 0.29) is 24.2 Å². The van der Waals surface area contributed by atoms with Gasteiger partial charge in [-0.25, -0.2) is 4.39 Å². The molecule has 2 amide bonds. The highest BCUT2D eigenvalue weighted by Crippen LogP contribution is 2.27. The minimum absolute atomic E-state index is 0.0904. The molecule has 0 saturated carbocycles. The standard InChI is InChI=1S/C22H24FN3O3/c23-18-6-2-3-7-19(18)26-21(27)13-29-20-8-4-1-5-17(20)22(28)25-16-11-14-9-10-15(12-16)24-14/h1-8,14-16,24H,9-13H2,(H,25,28)(H,26,27). The highest BCUT2D eigenvalue weighted by atomic mass is 19.1. The zero-order chi connectivity index (χ0) is 20.2. The van der Waals surface area contributed by atoms with Gasteiger partial charge in [-0.2, -0.15) is 0 Å². The first-order valence-electron chi connectivity index (χ1n) is 9.91. The zero-order valence-corrected chi connectivity index (χ0v) is 16.0. The van der Waals surface area contributed by atoms with Crippen molar-refractivity contribution in [2.75, 3.05) is 11.9 Å². The van der Waals surface area contributed by atoms with E-state index in [9.17, 15) is 14.0 Å². The number of anilines is 1. The Hall–Kier alpha value is -2.93. The molecule has 0 spiro atoms. The van der Waals surface area contributed by atoms with Gasteiger partial charge in [0.05, 0.1) is 11.3 Å². The molecule has 2 bridgehead atoms. The number of para-hydroxylation sites is 2. The topological polar surface area (TPSA) is 79.5 Å². The summed E-state index contributed by atoms with van der Waals surface area (Å²) < 4.78 is 19.2. The predicted molar refractivity (Wildman–Crippen MR) is 107 cm³/mol. The van der Waals surface area contributed by atoms with E-state index in [1.54, 1.807) is 36.4 Å². The lowest BCUT2D eigenvalue weighted by molar-refractivity contribution is -0.118. The number of rotatable bonds is 6. The Balaban J connectivity index is 1.36. The highest BCUT2D eigenvalue weighted by molar-refractivity contribution is 5.97. The van der Waals surface area contributed by atoms with Crippen LogP contribution < -0.4 is 20.7 Å². The second-order valence-electron chi connectivity index (χ2n) is 7.59. The number of piperidine rings is 1. The van der Waals surface area contributed by atoms with Crippen molar-refractivity contribution in [2.45, 2.75) is 43.8 Å². The smallest absolute Gasteiger partial charge is 0.262 e. The van der Waals surface area contributed by atoms with Crippen molar-refractivity contribution in [1.29, 1.82) is 0 Å². The zero-order valence-electron chi connectivity index (χ0n) is 16.0. The van der Waals surface area contributed by atoms with Gasteiger partial charge in [-0.05, 0) is 49.9 Å². The Labute approximate surface area is 168 Å². The number of ether oxygens (including phenoxy) is 1. The van der Waals surface area contributed by atoms with Crippen molar-refractivity contribution >= 4 is 17.5 Å². The molecule has 2 saturated heterocycles. The lowest BCUT2D eigenvalue weighted by atomic mass is 9.99. The maximum Gasteiger partial charge on any atom is 0.262 e. The van der Waals surface area contributed by atoms with Crippen LogP contribution in [0.3, 0.4) is 0 Å². The molecule has 2 unspecified atom stereocenters. The van der Waals surface area contributed by atoms with Gasteiger partial charge < -0.3 is 20.7 Å². The van der Waals surface area contributed by atoms with Gasteiger partial charge in [-0.15, -0.1) is 0 Å². The van der Waals surface area contributed by atoms with E-state index in [1.807, 2.05) is 0 Å². The van der Waals surface area contributed by atoms with Crippen LogP contribution in [0.15, 0.2) is 48.5 Å². The number of carbonyl (C=O) groups is 2. The van der Waals surface area contributed by atoms with Crippen molar-refractivity contribution in [1.82, 2.24) is 10.6 Å². The van der Waals surface area contributed by atoms with Gasteiger partial charge in [-0.3, -0.25) is 9.59 Å². The molecule has 2 atom stereocenters. The molecular weight excluding hydrogens is 373 g/mol. The first-order chi connectivity index (χ1) is 14.1. The maximum atomic E-state index is 13.7. The molecule has 0 radical (unpaired) electrons. The molecule has 29 heavy (non-hydrogen) atoms. The average molecular weight is 397 g/mol. The highest BCUT2D eigenvalue weighted by Gasteiger charge is 2.34. The summed E-state index contributed by atoms with van der Waals surface area (Å²) in [6.07, 6.45) is 4.17. The number of hydrogen-bond acceptors (Lipinski definition) is 4. The van der Waals surface area contributed by atoms with E-state index in [4.69, 9.17) is 4.74 Å². The third kappa shape index (κ3) is 4.74. The van der Waals surface area contributed by atoms with Crippen molar-refractivity contribution < 1.29 is 18.7 Å². The van der Waals surface area contributed by atoms with Crippen LogP contribution in [0.1, 0.15) is 36.0 Å². The summed E-state index contributed by atoms with van der Waals surface area (Å²) in [5.74, 6) is -0.899. The fourth-order valence-corrected chi connectivity index (χ4v) is 4.11. The van der Waals surface area contributed by atoms with Crippen LogP contribution in [0.4, 0.5) is 10.1 Å². The lowest BCUT2D eigenvalue weighted by Crippen LogP contribution is -2.48. The van der Waals surface area contributed by atoms with Gasteiger partial charge in [0.1, 0.15) is 11.6 Å². The van der Waals surface area contributed by atoms with E-state index >= 15 is 0 Å². The van der Waals surface area contributed by atoms with Gasteiger partial charge >= 0.3 is 0 Å².